The minimum atomic E-state index is -2.87. The molecule has 6 aliphatic heterocycles. The Balaban J connectivity index is 0.000000165. The van der Waals surface area contributed by atoms with E-state index in [1.807, 2.05) is 31.0 Å². The summed E-state index contributed by atoms with van der Waals surface area (Å²) in [6.45, 7) is 21.6. The van der Waals surface area contributed by atoms with Gasteiger partial charge < -0.3 is 118 Å². The van der Waals surface area contributed by atoms with Crippen molar-refractivity contribution >= 4 is 137 Å². The Labute approximate surface area is 842 Å². The van der Waals surface area contributed by atoms with Crippen LogP contribution in [0.4, 0.5) is 34.9 Å². The van der Waals surface area contributed by atoms with E-state index in [1.165, 1.54) is 81.5 Å². The molecule has 18 heterocycles. The Morgan fingerprint density at radius 1 is 0.312 bits per heavy atom. The molecular weight excluding hydrogens is 1750 g/mol. The normalized spacial score (nSPS) is 29.4. The van der Waals surface area contributed by atoms with Crippen LogP contribution in [0.2, 0.25) is 0 Å². The topological polar surface area (TPSA) is 417 Å². The Bertz CT molecular complexity index is 7990. The first-order valence-corrected chi connectivity index (χ1v) is 43.2. The molecular formula is C96H120N36O6. The van der Waals surface area contributed by atoms with Crippen LogP contribution in [0, 0.1) is 74.8 Å². The first-order chi connectivity index (χ1) is 77.5. The number of aromatic amines is 6. The van der Waals surface area contributed by atoms with Crippen LogP contribution in [-0.4, -0.2) is 351 Å². The summed E-state index contributed by atoms with van der Waals surface area (Å²) in [6.07, 6.45) is 18.6. The van der Waals surface area contributed by atoms with Crippen molar-refractivity contribution in [2.45, 2.75) is 116 Å². The highest BCUT2D eigenvalue weighted by molar-refractivity contribution is 5.93. The van der Waals surface area contributed by atoms with Crippen LogP contribution in [0.1, 0.15) is 120 Å². The van der Waals surface area contributed by atoms with Crippen LogP contribution in [0.15, 0.2) is 112 Å². The predicted octanol–water partition coefficient (Wildman–Crippen LogP) is 9.30. The molecule has 6 N–H and O–H groups in total. The third-order valence-electron chi connectivity index (χ3n) is 24.5. The summed E-state index contributed by atoms with van der Waals surface area (Å²) < 4.78 is 234. The molecule has 0 saturated carbocycles. The number of hydrogen-bond acceptors (Lipinski definition) is 24. The summed E-state index contributed by atoms with van der Waals surface area (Å²) in [4.78, 5) is 175. The average Bonchev–Trinajstić information content (AvgIpc) is 1.04. The molecule has 0 aliphatic carbocycles. The van der Waals surface area contributed by atoms with Gasteiger partial charge in [-0.3, -0.25) is 28.8 Å². The van der Waals surface area contributed by atoms with Crippen LogP contribution < -0.4 is 29.4 Å². The first-order valence-electron chi connectivity index (χ1n) is 57.7. The number of fused-ring (bicyclic) bond motifs is 6. The lowest BCUT2D eigenvalue weighted by Crippen LogP contribution is -2.53. The van der Waals surface area contributed by atoms with Gasteiger partial charge in [-0.15, -0.1) is 0 Å². The number of likely N-dealkylation sites (N-methyl/N-ethyl adjacent to an activating group) is 6. The number of carbonyl (C=O) groups excluding carboxylic acids is 6. The molecule has 6 saturated heterocycles. The van der Waals surface area contributed by atoms with E-state index in [0.29, 0.717) is 104 Å². The van der Waals surface area contributed by atoms with Gasteiger partial charge in [0.15, 0.2) is 0 Å². The van der Waals surface area contributed by atoms with Crippen molar-refractivity contribution < 1.29 is 68.5 Å². The van der Waals surface area contributed by atoms with Gasteiger partial charge in [-0.05, 0) is 110 Å². The standard InChI is InChI=1S/6C16H20N6O/c6*1-11-5-7-22(14(23)8-17-2)9-13(11)21(3)16-12-4-6-18-15(12)19-10-20-16/h6*4,6,10-11,13H,5,7-9H2,1,3H3,(H,18,19,20)/t6*11-,13+/m111111/s1/i1D3,8D2,11D,13D;8D2,11D,13D;1D3,8D2,13D;1D3,8D2,11D;8D2,13D;8D2,11D. The molecule has 42 heteroatoms. The zero-order valence-corrected chi connectivity index (χ0v) is 76.8. The molecule has 720 valence electrons. The lowest BCUT2D eigenvalue weighted by molar-refractivity contribution is -0.131. The van der Waals surface area contributed by atoms with Gasteiger partial charge in [0.2, 0.25) is 0 Å². The van der Waals surface area contributed by atoms with Gasteiger partial charge in [-0.25, -0.2) is 99.2 Å². The number of amides is 6. The molecule has 12 aromatic rings. The van der Waals surface area contributed by atoms with E-state index in [-0.39, 0.29) is 96.4 Å². The summed E-state index contributed by atoms with van der Waals surface area (Å²) in [5.74, 6) is -11.0. The third kappa shape index (κ3) is 23.1. The summed E-state index contributed by atoms with van der Waals surface area (Å²) in [5.41, 5.74) is 3.44. The van der Waals surface area contributed by atoms with E-state index in [2.05, 4.69) is 119 Å². The molecule has 42 nitrogen and oxygen atoms in total. The molecule has 6 aliphatic rings. The van der Waals surface area contributed by atoms with E-state index in [9.17, 15) is 28.8 Å². The number of rotatable bonds is 18. The predicted molar refractivity (Wildman–Crippen MR) is 527 cm³/mol. The number of piperidine rings is 6. The van der Waals surface area contributed by atoms with Gasteiger partial charge in [0, 0.05) is 176 Å². The molecule has 18 rings (SSSR count). The molecule has 0 spiro atoms. The number of hydrogen-bond donors (Lipinski definition) is 6. The van der Waals surface area contributed by atoms with Crippen LogP contribution in [0.5, 0.6) is 0 Å². The van der Waals surface area contributed by atoms with Crippen molar-refractivity contribution in [3.63, 3.8) is 0 Å². The summed E-state index contributed by atoms with van der Waals surface area (Å²) in [6, 6.07) is 2.27. The second-order valence-corrected chi connectivity index (χ2v) is 32.4. The summed E-state index contributed by atoms with van der Waals surface area (Å²) in [5, 5.41) is 3.98. The third-order valence-corrected chi connectivity index (χ3v) is 24.5. The molecule has 138 heavy (non-hydrogen) atoms. The van der Waals surface area contributed by atoms with Crippen LogP contribution in [0.25, 0.3) is 95.3 Å². The SMILES string of the molecule is [2H]C([2H])([N+]#[C-])C(=O)N1CC[C@@H](C([2H])([2H])[2H])[C@@]([2H])(N(C)c2ncnc3[nH]ccc23)C1.[2H]C([2H])([N+]#[C-])C(=O)N1CC[C@@H](C)[C@@]([2H])(N(C)c2ncnc3[nH]ccc23)C1.[2H]C([2H])([N+]#[C-])C(=O)N1CC[C@@]([2H])(C([2H])([2H])[2H])[C@@H](N(C)c2ncnc3[nH]ccc23)C1.[2H]C([2H])([N+]#[C-])C(=O)N1CC[C@@]([2H])(C([2H])([2H])[2H])[C@@]([2H])(N(C)c2ncnc3[nH]ccc23)C1.[2H]C([2H])([N+]#[C-])C(=O)N1CC[C@@]([2H])(C)[C@@H](N(C)c2ncnc3[nH]ccc23)C1.[2H]C([2H])([N+]#[C-])C(=O)N1CC[C@@]([2H])(C)[C@@]([2H])(N(C)c2ncnc3[nH]ccc23)C1. The fourth-order valence-corrected chi connectivity index (χ4v) is 16.8. The van der Waals surface area contributed by atoms with Gasteiger partial charge in [-0.1, -0.05) is 41.3 Å². The van der Waals surface area contributed by atoms with E-state index in [4.69, 9.17) is 79.2 Å². The highest BCUT2D eigenvalue weighted by atomic mass is 16.2. The summed E-state index contributed by atoms with van der Waals surface area (Å²) in [7, 11) is 9.71. The largest absolute Gasteiger partial charge is 0.354 e. The number of carbonyl (C=O) groups is 6. The van der Waals surface area contributed by atoms with Gasteiger partial charge in [0.25, 0.3) is 39.0 Å². The maximum absolute atomic E-state index is 12.5. The Morgan fingerprint density at radius 2 is 0.536 bits per heavy atom. The van der Waals surface area contributed by atoms with E-state index < -0.39 is 174 Å². The van der Waals surface area contributed by atoms with E-state index in [1.54, 1.807) is 101 Å². The molecule has 12 aromatic heterocycles. The van der Waals surface area contributed by atoms with Gasteiger partial charge in [-0.2, -0.15) is 0 Å². The zero-order valence-electron chi connectivity index (χ0n) is 106. The van der Waals surface area contributed by atoms with Gasteiger partial charge >= 0.3 is 35.4 Å². The highest BCUT2D eigenvalue weighted by Crippen LogP contribution is 2.37. The zero-order chi connectivity index (χ0) is 124. The minimum Gasteiger partial charge on any atom is -0.354 e. The number of nitrogens with one attached hydrogen (secondary N) is 6. The molecule has 0 unspecified atom stereocenters. The Kier molecular flexibility index (Phi) is 22.7. The quantitative estimate of drug-likeness (QED) is 0.0435. The van der Waals surface area contributed by atoms with Crippen molar-refractivity contribution in [2.24, 2.45) is 35.4 Å². The van der Waals surface area contributed by atoms with Crippen molar-refractivity contribution in [3.05, 3.63) is 180 Å². The maximum Gasteiger partial charge on any atom is 0.302 e. The lowest BCUT2D eigenvalue weighted by Gasteiger charge is -2.41. The van der Waals surface area contributed by atoms with Gasteiger partial charge in [0.05, 0.1) is 74.0 Å². The smallest absolute Gasteiger partial charge is 0.302 e. The first kappa shape index (κ1) is 67.5. The number of likely N-dealkylation sites (tertiary alicyclic amines) is 6. The van der Waals surface area contributed by atoms with Gasteiger partial charge in [0.1, 0.15) is 123 Å². The molecule has 12 atom stereocenters. The second-order valence-electron chi connectivity index (χ2n) is 32.4. The number of aromatic nitrogens is 18. The monoisotopic (exact) mass is 1900 g/mol. The molecule has 0 radical (unpaired) electrons. The minimum absolute atomic E-state index is 0.00551. The average molecular weight is 1900 g/mol. The fourth-order valence-electron chi connectivity index (χ4n) is 16.8. The molecule has 6 fully saturated rings. The second kappa shape index (κ2) is 46.5. The summed E-state index contributed by atoms with van der Waals surface area (Å²) >= 11 is 0. The Hall–Kier alpha value is -15.7. The molecule has 0 bridgehead atoms. The van der Waals surface area contributed by atoms with E-state index in [0.717, 1.165) is 30.4 Å². The number of anilines is 6. The van der Waals surface area contributed by atoms with Crippen LogP contribution in [-0.2, 0) is 28.8 Å². The van der Waals surface area contributed by atoms with Crippen molar-refractivity contribution in [2.75, 3.05) is 189 Å². The number of nitrogens with zero attached hydrogens (tertiary/aromatic N) is 30. The van der Waals surface area contributed by atoms with Crippen molar-refractivity contribution in [1.82, 2.24) is 119 Å². The van der Waals surface area contributed by atoms with Crippen molar-refractivity contribution in [1.29, 1.82) is 0 Å². The van der Waals surface area contributed by atoms with Crippen LogP contribution >= 0.6 is 0 Å². The van der Waals surface area contributed by atoms with E-state index >= 15 is 0 Å². The Morgan fingerprint density at radius 3 is 0.826 bits per heavy atom. The fraction of sp³-hybridized carbons (Fsp3) is 0.500. The van der Waals surface area contributed by atoms with Crippen molar-refractivity contribution in [3.8, 4) is 0 Å². The van der Waals surface area contributed by atoms with Crippen LogP contribution in [0.3, 0.4) is 0 Å². The molecule has 0 aromatic carbocycles. The maximum atomic E-state index is 12.5. The number of H-pyrrole nitrogens is 6. The molecule has 6 amide bonds. The highest BCUT2D eigenvalue weighted by Gasteiger charge is 2.41. The lowest BCUT2D eigenvalue weighted by atomic mass is 9.92.